The van der Waals surface area contributed by atoms with Crippen LogP contribution in [0.3, 0.4) is 0 Å². The third-order valence-corrected chi connectivity index (χ3v) is 5.46. The molecule has 2 aromatic heterocycles. The molecule has 2 heterocycles. The van der Waals surface area contributed by atoms with Gasteiger partial charge in [0.2, 0.25) is 0 Å². The summed E-state index contributed by atoms with van der Waals surface area (Å²) in [6.07, 6.45) is 8.17. The molecule has 5 nitrogen and oxygen atoms in total. The van der Waals surface area contributed by atoms with Crippen molar-refractivity contribution in [2.24, 2.45) is 0 Å². The predicted octanol–water partition coefficient (Wildman–Crippen LogP) is 6.16. The van der Waals surface area contributed by atoms with Crippen LogP contribution in [0.25, 0.3) is 17.3 Å². The first kappa shape index (κ1) is 20.6. The van der Waals surface area contributed by atoms with Crippen LogP contribution in [0.1, 0.15) is 27.2 Å². The molecule has 0 radical (unpaired) electrons. The van der Waals surface area contributed by atoms with Crippen molar-refractivity contribution in [3.8, 4) is 11.3 Å². The molecule has 4 aromatic rings. The number of halogens is 1. The zero-order valence-electron chi connectivity index (χ0n) is 18.0. The maximum absolute atomic E-state index is 14.7. The van der Waals surface area contributed by atoms with Gasteiger partial charge in [0.05, 0.1) is 17.1 Å². The lowest BCUT2D eigenvalue weighted by atomic mass is 10.1. The number of hydrogen-bond donors (Lipinski definition) is 2. The number of carbonyl (C=O) groups excluding carboxylic acids is 1. The second-order valence-electron chi connectivity index (χ2n) is 7.91. The molecular weight excluding hydrogens is 415 g/mol. The van der Waals surface area contributed by atoms with Crippen molar-refractivity contribution in [1.82, 2.24) is 9.97 Å². The number of rotatable bonds is 5. The largest absolute Gasteiger partial charge is 0.353 e. The van der Waals surface area contributed by atoms with E-state index >= 15 is 0 Å². The van der Waals surface area contributed by atoms with Gasteiger partial charge in [-0.2, -0.15) is 0 Å². The van der Waals surface area contributed by atoms with Crippen molar-refractivity contribution in [3.05, 3.63) is 107 Å². The van der Waals surface area contributed by atoms with Gasteiger partial charge >= 0.3 is 0 Å². The van der Waals surface area contributed by atoms with Crippen LogP contribution in [0.15, 0.2) is 79.1 Å². The summed E-state index contributed by atoms with van der Waals surface area (Å²) in [6.45, 7) is 1.96. The van der Waals surface area contributed by atoms with E-state index in [4.69, 9.17) is 4.98 Å². The van der Waals surface area contributed by atoms with Crippen molar-refractivity contribution in [2.75, 3.05) is 10.6 Å². The molecular formula is C27H21FN4O. The Morgan fingerprint density at radius 2 is 1.94 bits per heavy atom. The number of hydrogen-bond acceptors (Lipinski definition) is 4. The first-order valence-corrected chi connectivity index (χ1v) is 10.6. The second-order valence-corrected chi connectivity index (χ2v) is 7.91. The van der Waals surface area contributed by atoms with E-state index in [9.17, 15) is 9.18 Å². The Hall–Kier alpha value is -4.32. The number of anilines is 3. The quantitative estimate of drug-likeness (QED) is 0.393. The molecule has 0 saturated carbocycles. The number of benzene rings is 2. The van der Waals surface area contributed by atoms with Gasteiger partial charge in [-0.15, -0.1) is 0 Å². The van der Waals surface area contributed by atoms with Gasteiger partial charge in [-0.1, -0.05) is 24.3 Å². The fourth-order valence-corrected chi connectivity index (χ4v) is 3.84. The molecule has 6 heteroatoms. The SMILES string of the molecule is Cc1cccc(NC(=O)c2ccc(F)c(Nc3cc(-c4cccnc4)nc4c3C=CC4)c2)c1. The lowest BCUT2D eigenvalue weighted by Gasteiger charge is -2.15. The third kappa shape index (κ3) is 4.36. The number of aryl methyl sites for hydroxylation is 1. The molecule has 0 atom stereocenters. The van der Waals surface area contributed by atoms with Crippen molar-refractivity contribution in [1.29, 1.82) is 0 Å². The predicted molar refractivity (Wildman–Crippen MR) is 129 cm³/mol. The maximum atomic E-state index is 14.7. The molecule has 162 valence electrons. The van der Waals surface area contributed by atoms with E-state index in [2.05, 4.69) is 15.6 Å². The normalized spacial score (nSPS) is 11.8. The minimum absolute atomic E-state index is 0.220. The smallest absolute Gasteiger partial charge is 0.255 e. The summed E-state index contributed by atoms with van der Waals surface area (Å²) < 4.78 is 14.7. The van der Waals surface area contributed by atoms with Crippen molar-refractivity contribution in [3.63, 3.8) is 0 Å². The summed E-state index contributed by atoms with van der Waals surface area (Å²) in [5.74, 6) is -0.753. The topological polar surface area (TPSA) is 66.9 Å². The fraction of sp³-hybridized carbons (Fsp3) is 0.0741. The molecule has 1 aliphatic rings. The monoisotopic (exact) mass is 436 g/mol. The van der Waals surface area contributed by atoms with Gasteiger partial charge < -0.3 is 10.6 Å². The van der Waals surface area contributed by atoms with Crippen LogP contribution in [0.4, 0.5) is 21.5 Å². The average Bonchev–Trinajstić information content (AvgIpc) is 3.30. The molecule has 2 N–H and O–H groups in total. The summed E-state index contributed by atoms with van der Waals surface area (Å²) in [7, 11) is 0. The molecule has 33 heavy (non-hydrogen) atoms. The van der Waals surface area contributed by atoms with Crippen LogP contribution in [0, 0.1) is 12.7 Å². The maximum Gasteiger partial charge on any atom is 0.255 e. The van der Waals surface area contributed by atoms with Gasteiger partial charge in [0.15, 0.2) is 0 Å². The summed E-state index contributed by atoms with van der Waals surface area (Å²) in [5.41, 5.74) is 6.48. The van der Waals surface area contributed by atoms with E-state index in [-0.39, 0.29) is 11.6 Å². The number of carbonyl (C=O) groups is 1. The van der Waals surface area contributed by atoms with Crippen LogP contribution in [0.5, 0.6) is 0 Å². The highest BCUT2D eigenvalue weighted by molar-refractivity contribution is 6.05. The third-order valence-electron chi connectivity index (χ3n) is 5.46. The molecule has 0 aliphatic heterocycles. The first-order chi connectivity index (χ1) is 16.1. The van der Waals surface area contributed by atoms with Gasteiger partial charge in [-0.25, -0.2) is 4.39 Å². The van der Waals surface area contributed by atoms with Gasteiger partial charge in [-0.3, -0.25) is 14.8 Å². The van der Waals surface area contributed by atoms with Crippen molar-refractivity contribution < 1.29 is 9.18 Å². The minimum atomic E-state index is -0.447. The standard InChI is InChI=1S/C27H21FN4O/c1-17-5-2-7-20(13-17)30-27(33)18-10-11-22(28)26(14-18)32-25-15-24(19-6-4-12-29-16-19)31-23-9-3-8-21(23)25/h2-8,10-16H,9H2,1H3,(H,30,33)(H,31,32). The molecule has 5 rings (SSSR count). The molecule has 0 unspecified atom stereocenters. The molecule has 0 bridgehead atoms. The zero-order chi connectivity index (χ0) is 22.8. The Balaban J connectivity index is 1.47. The number of allylic oxidation sites excluding steroid dienone is 1. The van der Waals surface area contributed by atoms with Crippen molar-refractivity contribution in [2.45, 2.75) is 13.3 Å². The van der Waals surface area contributed by atoms with Crippen LogP contribution >= 0.6 is 0 Å². The minimum Gasteiger partial charge on any atom is -0.353 e. The summed E-state index contributed by atoms with van der Waals surface area (Å²) in [4.78, 5) is 21.7. The average molecular weight is 436 g/mol. The summed E-state index contributed by atoms with van der Waals surface area (Å²) >= 11 is 0. The molecule has 1 aliphatic carbocycles. The van der Waals surface area contributed by atoms with Gasteiger partial charge in [-0.05, 0) is 61.0 Å². The number of pyridine rings is 2. The van der Waals surface area contributed by atoms with E-state index in [1.165, 1.54) is 18.2 Å². The number of nitrogens with one attached hydrogen (secondary N) is 2. The number of aromatic nitrogens is 2. The lowest BCUT2D eigenvalue weighted by molar-refractivity contribution is 0.102. The number of fused-ring (bicyclic) bond motifs is 1. The van der Waals surface area contributed by atoms with Gasteiger partial charge in [0.25, 0.3) is 5.91 Å². The highest BCUT2D eigenvalue weighted by atomic mass is 19.1. The summed E-state index contributed by atoms with van der Waals surface area (Å²) in [5, 5.41) is 6.05. The molecule has 0 spiro atoms. The van der Waals surface area contributed by atoms with Gasteiger partial charge in [0, 0.05) is 46.9 Å². The fourth-order valence-electron chi connectivity index (χ4n) is 3.84. The van der Waals surface area contributed by atoms with Crippen LogP contribution in [-0.4, -0.2) is 15.9 Å². The van der Waals surface area contributed by atoms with E-state index < -0.39 is 5.82 Å². The Bertz CT molecular complexity index is 1380. The summed E-state index contributed by atoms with van der Waals surface area (Å²) in [6, 6.07) is 17.5. The molecule has 0 fully saturated rings. The van der Waals surface area contributed by atoms with Crippen LogP contribution in [-0.2, 0) is 6.42 Å². The Morgan fingerprint density at radius 3 is 2.76 bits per heavy atom. The number of amides is 1. The van der Waals surface area contributed by atoms with Crippen molar-refractivity contribution >= 4 is 29.0 Å². The van der Waals surface area contributed by atoms with Crippen LogP contribution < -0.4 is 10.6 Å². The molecule has 2 aromatic carbocycles. The van der Waals surface area contributed by atoms with E-state index in [0.29, 0.717) is 17.7 Å². The Kier molecular flexibility index (Phi) is 5.40. The zero-order valence-corrected chi connectivity index (χ0v) is 18.0. The Morgan fingerprint density at radius 1 is 1.03 bits per heavy atom. The van der Waals surface area contributed by atoms with E-state index in [1.807, 2.05) is 61.5 Å². The van der Waals surface area contributed by atoms with E-state index in [1.54, 1.807) is 12.4 Å². The number of nitrogens with zero attached hydrogens (tertiary/aromatic N) is 2. The lowest BCUT2D eigenvalue weighted by Crippen LogP contribution is -2.12. The van der Waals surface area contributed by atoms with E-state index in [0.717, 1.165) is 33.8 Å². The molecule has 0 saturated heterocycles. The highest BCUT2D eigenvalue weighted by Crippen LogP contribution is 2.33. The van der Waals surface area contributed by atoms with Gasteiger partial charge in [0.1, 0.15) is 5.82 Å². The second kappa shape index (κ2) is 8.67. The Labute approximate surface area is 191 Å². The highest BCUT2D eigenvalue weighted by Gasteiger charge is 2.17. The van der Waals surface area contributed by atoms with Crippen LogP contribution in [0.2, 0.25) is 0 Å². The molecule has 1 amide bonds. The first-order valence-electron chi connectivity index (χ1n) is 10.6.